The van der Waals surface area contributed by atoms with Crippen LogP contribution in [0.4, 0.5) is 5.69 Å². The summed E-state index contributed by atoms with van der Waals surface area (Å²) >= 11 is 0. The van der Waals surface area contributed by atoms with E-state index < -0.39 is 0 Å². The second-order valence-corrected chi connectivity index (χ2v) is 6.22. The molecule has 2 aromatic carbocycles. The number of ketones is 1. The van der Waals surface area contributed by atoms with Crippen molar-refractivity contribution in [3.05, 3.63) is 65.2 Å². The molecular weight excluding hydrogens is 316 g/mol. The molecule has 0 radical (unpaired) electrons. The van der Waals surface area contributed by atoms with E-state index in [9.17, 15) is 14.4 Å². The lowest BCUT2D eigenvalue weighted by Gasteiger charge is -2.15. The number of Topliss-reactive ketones (excluding diaryl/α,β-unsaturated/α-hetero) is 1. The number of carbonyl (C=O) groups is 3. The van der Waals surface area contributed by atoms with E-state index in [1.54, 1.807) is 12.1 Å². The molecule has 0 aromatic heterocycles. The molecule has 1 atom stereocenters. The molecule has 1 aliphatic rings. The highest BCUT2D eigenvalue weighted by Crippen LogP contribution is 2.26. The highest BCUT2D eigenvalue weighted by Gasteiger charge is 2.19. The number of anilines is 1. The first kappa shape index (κ1) is 16.9. The first-order chi connectivity index (χ1) is 12.0. The van der Waals surface area contributed by atoms with Gasteiger partial charge in [0.25, 0.3) is 0 Å². The molecule has 2 aromatic rings. The van der Waals surface area contributed by atoms with E-state index in [1.165, 1.54) is 0 Å². The van der Waals surface area contributed by atoms with E-state index in [2.05, 4.69) is 10.6 Å². The Morgan fingerprint density at radius 1 is 1.12 bits per heavy atom. The molecule has 1 aliphatic heterocycles. The largest absolute Gasteiger partial charge is 0.350 e. The lowest BCUT2D eigenvalue weighted by molar-refractivity contribution is -0.121. The highest BCUT2D eigenvalue weighted by atomic mass is 16.2. The van der Waals surface area contributed by atoms with Crippen molar-refractivity contribution in [3.8, 4) is 0 Å². The van der Waals surface area contributed by atoms with Crippen molar-refractivity contribution in [2.24, 2.45) is 0 Å². The van der Waals surface area contributed by atoms with E-state index in [0.29, 0.717) is 12.0 Å². The molecule has 2 N–H and O–H groups in total. The summed E-state index contributed by atoms with van der Waals surface area (Å²) in [5.74, 6) is -0.208. The summed E-state index contributed by atoms with van der Waals surface area (Å²) in [6, 6.07) is 14.5. The predicted octanol–water partition coefficient (Wildman–Crippen LogP) is 3.02. The Balaban J connectivity index is 1.54. The molecule has 1 heterocycles. The maximum Gasteiger partial charge on any atom is 0.228 e. The Hall–Kier alpha value is -2.95. The van der Waals surface area contributed by atoms with Gasteiger partial charge in [0.05, 0.1) is 12.5 Å². The van der Waals surface area contributed by atoms with Crippen LogP contribution in [0.3, 0.4) is 0 Å². The molecule has 0 fully saturated rings. The van der Waals surface area contributed by atoms with Crippen LogP contribution in [-0.4, -0.2) is 17.6 Å². The minimum absolute atomic E-state index is 0.0109. The predicted molar refractivity (Wildman–Crippen MR) is 95.3 cm³/mol. The topological polar surface area (TPSA) is 75.3 Å². The van der Waals surface area contributed by atoms with Crippen LogP contribution in [0.5, 0.6) is 0 Å². The normalized spacial score (nSPS) is 13.7. The molecule has 2 amide bonds. The fourth-order valence-electron chi connectivity index (χ4n) is 2.91. The van der Waals surface area contributed by atoms with Crippen LogP contribution in [0.15, 0.2) is 48.5 Å². The first-order valence-electron chi connectivity index (χ1n) is 8.33. The molecule has 0 saturated heterocycles. The molecule has 0 aliphatic carbocycles. The third kappa shape index (κ3) is 4.12. The number of hydrogen-bond acceptors (Lipinski definition) is 3. The van der Waals surface area contributed by atoms with Crippen LogP contribution in [-0.2, 0) is 16.0 Å². The maximum absolute atomic E-state index is 12.1. The molecule has 0 spiro atoms. The van der Waals surface area contributed by atoms with E-state index >= 15 is 0 Å². The van der Waals surface area contributed by atoms with Gasteiger partial charge in [-0.25, -0.2) is 0 Å². The molecular formula is C20H20N2O3. The zero-order valence-corrected chi connectivity index (χ0v) is 14.0. The number of fused-ring (bicyclic) bond motifs is 1. The lowest BCUT2D eigenvalue weighted by Crippen LogP contribution is -2.27. The second kappa shape index (κ2) is 7.30. The summed E-state index contributed by atoms with van der Waals surface area (Å²) in [4.78, 5) is 35.6. The summed E-state index contributed by atoms with van der Waals surface area (Å²) < 4.78 is 0. The number of rotatable bonds is 6. The summed E-state index contributed by atoms with van der Waals surface area (Å²) in [6.45, 7) is 1.89. The van der Waals surface area contributed by atoms with Gasteiger partial charge in [-0.2, -0.15) is 0 Å². The summed E-state index contributed by atoms with van der Waals surface area (Å²) in [7, 11) is 0. The van der Waals surface area contributed by atoms with Crippen molar-refractivity contribution in [1.29, 1.82) is 0 Å². The van der Waals surface area contributed by atoms with Crippen molar-refractivity contribution in [3.63, 3.8) is 0 Å². The Morgan fingerprint density at radius 3 is 2.64 bits per heavy atom. The van der Waals surface area contributed by atoms with Crippen molar-refractivity contribution >= 4 is 23.3 Å². The van der Waals surface area contributed by atoms with Crippen molar-refractivity contribution in [2.45, 2.75) is 32.2 Å². The quantitative estimate of drug-likeness (QED) is 0.796. The van der Waals surface area contributed by atoms with Gasteiger partial charge in [-0.1, -0.05) is 42.5 Å². The number of carbonyl (C=O) groups excluding carboxylic acids is 3. The average Bonchev–Trinajstić information content (AvgIpc) is 2.99. The minimum Gasteiger partial charge on any atom is -0.350 e. The number of nitrogens with one attached hydrogen (secondary N) is 2. The first-order valence-corrected chi connectivity index (χ1v) is 8.33. The van der Waals surface area contributed by atoms with Crippen LogP contribution in [0, 0.1) is 0 Å². The monoisotopic (exact) mass is 336 g/mol. The third-order valence-electron chi connectivity index (χ3n) is 4.31. The van der Waals surface area contributed by atoms with Gasteiger partial charge in [0, 0.05) is 24.1 Å². The number of amides is 2. The van der Waals surface area contributed by atoms with Crippen LogP contribution in [0.1, 0.15) is 47.3 Å². The maximum atomic E-state index is 12.1. The lowest BCUT2D eigenvalue weighted by atomic mass is 10.0. The zero-order valence-electron chi connectivity index (χ0n) is 14.0. The number of benzene rings is 2. The van der Waals surface area contributed by atoms with E-state index in [-0.39, 0.29) is 36.5 Å². The zero-order chi connectivity index (χ0) is 17.8. The summed E-state index contributed by atoms with van der Waals surface area (Å²) in [5, 5.41) is 5.70. The third-order valence-corrected chi connectivity index (χ3v) is 4.31. The molecule has 5 nitrogen and oxygen atoms in total. The van der Waals surface area contributed by atoms with Crippen LogP contribution >= 0.6 is 0 Å². The fraction of sp³-hybridized carbons (Fsp3) is 0.250. The molecule has 0 bridgehead atoms. The molecule has 5 heteroatoms. The molecule has 128 valence electrons. The second-order valence-electron chi connectivity index (χ2n) is 6.22. The van der Waals surface area contributed by atoms with Gasteiger partial charge in [0.2, 0.25) is 11.8 Å². The molecule has 25 heavy (non-hydrogen) atoms. The van der Waals surface area contributed by atoms with Gasteiger partial charge in [-0.3, -0.25) is 14.4 Å². The van der Waals surface area contributed by atoms with Crippen molar-refractivity contribution < 1.29 is 14.4 Å². The Bertz CT molecular complexity index is 815. The van der Waals surface area contributed by atoms with Crippen molar-refractivity contribution in [1.82, 2.24) is 5.32 Å². The van der Waals surface area contributed by atoms with Gasteiger partial charge in [0.15, 0.2) is 5.78 Å². The summed E-state index contributed by atoms with van der Waals surface area (Å²) in [5.41, 5.74) is 3.35. The van der Waals surface area contributed by atoms with Gasteiger partial charge >= 0.3 is 0 Å². The van der Waals surface area contributed by atoms with E-state index in [4.69, 9.17) is 0 Å². The Labute approximate surface area is 146 Å². The standard InChI is InChI=1S/C20H20N2O3/c1-13(15-7-8-17-16(11-15)12-20(25)22-17)21-19(24)10-9-18(23)14-5-3-2-4-6-14/h2-8,11,13H,9-10,12H2,1H3,(H,21,24)(H,22,25). The van der Waals surface area contributed by atoms with Crippen molar-refractivity contribution in [2.75, 3.05) is 5.32 Å². The number of hydrogen-bond donors (Lipinski definition) is 2. The fourth-order valence-corrected chi connectivity index (χ4v) is 2.91. The summed E-state index contributed by atoms with van der Waals surface area (Å²) in [6.07, 6.45) is 0.712. The van der Waals surface area contributed by atoms with Gasteiger partial charge in [-0.05, 0) is 24.1 Å². The molecule has 1 unspecified atom stereocenters. The Kier molecular flexibility index (Phi) is 4.93. The smallest absolute Gasteiger partial charge is 0.228 e. The van der Waals surface area contributed by atoms with Gasteiger partial charge in [0.1, 0.15) is 0 Å². The van der Waals surface area contributed by atoms with E-state index in [1.807, 2.05) is 43.3 Å². The van der Waals surface area contributed by atoms with Crippen LogP contribution in [0.2, 0.25) is 0 Å². The van der Waals surface area contributed by atoms with Gasteiger partial charge in [-0.15, -0.1) is 0 Å². The van der Waals surface area contributed by atoms with Crippen LogP contribution < -0.4 is 10.6 Å². The van der Waals surface area contributed by atoms with Crippen LogP contribution in [0.25, 0.3) is 0 Å². The average molecular weight is 336 g/mol. The van der Waals surface area contributed by atoms with Gasteiger partial charge < -0.3 is 10.6 Å². The Morgan fingerprint density at radius 2 is 1.88 bits per heavy atom. The highest BCUT2D eigenvalue weighted by molar-refractivity contribution is 5.99. The minimum atomic E-state index is -0.180. The molecule has 0 saturated carbocycles. The van der Waals surface area contributed by atoms with E-state index in [0.717, 1.165) is 16.8 Å². The SMILES string of the molecule is CC(NC(=O)CCC(=O)c1ccccc1)c1ccc2c(c1)CC(=O)N2. The molecule has 3 rings (SSSR count).